The van der Waals surface area contributed by atoms with Gasteiger partial charge in [-0.25, -0.2) is 14.4 Å². The van der Waals surface area contributed by atoms with Crippen molar-refractivity contribution in [3.8, 4) is 0 Å². The van der Waals surface area contributed by atoms with Gasteiger partial charge in [0.1, 0.15) is 22.1 Å². The molecule has 0 radical (unpaired) electrons. The first-order valence-corrected chi connectivity index (χ1v) is 7.67. The van der Waals surface area contributed by atoms with Crippen molar-refractivity contribution in [1.82, 2.24) is 9.97 Å². The van der Waals surface area contributed by atoms with Crippen molar-refractivity contribution in [1.29, 1.82) is 0 Å². The largest absolute Gasteiger partial charge is 0.370 e. The molecule has 0 bridgehead atoms. The van der Waals surface area contributed by atoms with Crippen molar-refractivity contribution in [2.75, 3.05) is 11.9 Å². The lowest BCUT2D eigenvalue weighted by Crippen LogP contribution is -2.18. The lowest BCUT2D eigenvalue weighted by atomic mass is 9.96. The summed E-state index contributed by atoms with van der Waals surface area (Å²) in [5.41, 5.74) is 0.856. The summed E-state index contributed by atoms with van der Waals surface area (Å²) in [6, 6.07) is 8.50. The molecule has 0 aliphatic carbocycles. The van der Waals surface area contributed by atoms with E-state index >= 15 is 0 Å². The summed E-state index contributed by atoms with van der Waals surface area (Å²) in [4.78, 5) is 8.93. The molecule has 0 spiro atoms. The van der Waals surface area contributed by atoms with Crippen LogP contribution in [-0.4, -0.2) is 16.5 Å². The van der Waals surface area contributed by atoms with Gasteiger partial charge in [-0.1, -0.05) is 32.9 Å². The molecule has 0 saturated heterocycles. The molecular formula is C16H19BrFN3. The Morgan fingerprint density at radius 3 is 2.62 bits per heavy atom. The van der Waals surface area contributed by atoms with E-state index in [0.717, 1.165) is 28.2 Å². The zero-order valence-corrected chi connectivity index (χ0v) is 14.0. The summed E-state index contributed by atoms with van der Waals surface area (Å²) in [5.74, 6) is 1.36. The lowest BCUT2D eigenvalue weighted by Gasteiger charge is -2.18. The normalized spacial score (nSPS) is 11.5. The number of halogens is 2. The third-order valence-electron chi connectivity index (χ3n) is 2.97. The molecule has 1 aromatic heterocycles. The maximum Gasteiger partial charge on any atom is 0.137 e. The number of aromatic nitrogens is 2. The zero-order chi connectivity index (χ0) is 15.5. The smallest absolute Gasteiger partial charge is 0.137 e. The van der Waals surface area contributed by atoms with Crippen LogP contribution in [0, 0.1) is 5.82 Å². The Morgan fingerprint density at radius 2 is 1.95 bits per heavy atom. The topological polar surface area (TPSA) is 37.8 Å². The molecule has 0 aliphatic heterocycles. The van der Waals surface area contributed by atoms with Crippen molar-refractivity contribution in [2.45, 2.75) is 32.6 Å². The molecule has 0 saturated carbocycles. The minimum Gasteiger partial charge on any atom is -0.370 e. The fraction of sp³-hybridized carbons (Fsp3) is 0.375. The summed E-state index contributed by atoms with van der Waals surface area (Å²) in [7, 11) is 0. The average molecular weight is 352 g/mol. The number of hydrogen-bond acceptors (Lipinski definition) is 3. The molecule has 5 heteroatoms. The van der Waals surface area contributed by atoms with Crippen LogP contribution in [0.4, 0.5) is 10.2 Å². The second-order valence-corrected chi connectivity index (χ2v) is 6.77. The monoisotopic (exact) mass is 351 g/mol. The Morgan fingerprint density at radius 1 is 1.19 bits per heavy atom. The number of hydrogen-bond donors (Lipinski definition) is 1. The van der Waals surface area contributed by atoms with Gasteiger partial charge < -0.3 is 5.32 Å². The Labute approximate surface area is 133 Å². The van der Waals surface area contributed by atoms with Crippen LogP contribution in [0.25, 0.3) is 0 Å². The van der Waals surface area contributed by atoms with E-state index < -0.39 is 0 Å². The maximum atomic E-state index is 13.1. The van der Waals surface area contributed by atoms with Gasteiger partial charge in [-0.15, -0.1) is 0 Å². The first kappa shape index (κ1) is 15.9. The summed E-state index contributed by atoms with van der Waals surface area (Å²) < 4.78 is 13.9. The van der Waals surface area contributed by atoms with Crippen LogP contribution in [0.15, 0.2) is 34.9 Å². The van der Waals surface area contributed by atoms with Gasteiger partial charge in [-0.3, -0.25) is 0 Å². The van der Waals surface area contributed by atoms with Gasteiger partial charge in [-0.05, 0) is 40.0 Å². The third kappa shape index (κ3) is 4.77. The first-order valence-electron chi connectivity index (χ1n) is 6.88. The molecule has 1 N–H and O–H groups in total. The number of anilines is 1. The van der Waals surface area contributed by atoms with Gasteiger partial charge in [0.2, 0.25) is 0 Å². The minimum absolute atomic E-state index is 0.108. The third-order valence-corrected chi connectivity index (χ3v) is 3.38. The molecule has 1 aromatic carbocycles. The number of rotatable bonds is 4. The van der Waals surface area contributed by atoms with E-state index in [-0.39, 0.29) is 11.2 Å². The van der Waals surface area contributed by atoms with E-state index in [9.17, 15) is 4.39 Å². The molecule has 0 aliphatic rings. The van der Waals surface area contributed by atoms with Crippen LogP contribution in [0.5, 0.6) is 0 Å². The van der Waals surface area contributed by atoms with E-state index in [0.29, 0.717) is 6.54 Å². The number of nitrogens with zero attached hydrogens (tertiary/aromatic N) is 2. The molecular weight excluding hydrogens is 333 g/mol. The minimum atomic E-state index is -0.202. The van der Waals surface area contributed by atoms with Gasteiger partial charge in [0, 0.05) is 18.0 Å². The standard InChI is InChI=1S/C16H19BrFN3/c1-16(2,3)15-20-13(17)10-14(21-15)19-8-7-11-5-4-6-12(18)9-11/h4-6,9-10H,7-8H2,1-3H3,(H,19,20,21). The second kappa shape index (κ2) is 6.52. The average Bonchev–Trinajstić information content (AvgIpc) is 2.37. The van der Waals surface area contributed by atoms with Crippen molar-refractivity contribution < 1.29 is 4.39 Å². The highest BCUT2D eigenvalue weighted by atomic mass is 79.9. The molecule has 21 heavy (non-hydrogen) atoms. The molecule has 2 rings (SSSR count). The Kier molecular flexibility index (Phi) is 4.93. The van der Waals surface area contributed by atoms with Crippen molar-refractivity contribution in [3.63, 3.8) is 0 Å². The van der Waals surface area contributed by atoms with Crippen LogP contribution in [0.3, 0.4) is 0 Å². The van der Waals surface area contributed by atoms with Crippen molar-refractivity contribution in [2.24, 2.45) is 0 Å². The molecule has 3 nitrogen and oxygen atoms in total. The molecule has 0 amide bonds. The summed E-state index contributed by atoms with van der Waals surface area (Å²) in [5, 5.41) is 3.26. The molecule has 1 heterocycles. The van der Waals surface area contributed by atoms with E-state index in [2.05, 4.69) is 52.0 Å². The van der Waals surface area contributed by atoms with Gasteiger partial charge in [0.05, 0.1) is 0 Å². The van der Waals surface area contributed by atoms with Crippen molar-refractivity contribution >= 4 is 21.7 Å². The van der Waals surface area contributed by atoms with Gasteiger partial charge in [0.15, 0.2) is 0 Å². The molecule has 0 fully saturated rings. The maximum absolute atomic E-state index is 13.1. The molecule has 2 aromatic rings. The first-order chi connectivity index (χ1) is 9.84. The Hall–Kier alpha value is -1.49. The zero-order valence-electron chi connectivity index (χ0n) is 12.5. The van der Waals surface area contributed by atoms with Crippen LogP contribution in [0.1, 0.15) is 32.2 Å². The van der Waals surface area contributed by atoms with Crippen LogP contribution in [-0.2, 0) is 11.8 Å². The van der Waals surface area contributed by atoms with Crippen LogP contribution < -0.4 is 5.32 Å². The predicted octanol–water partition coefficient (Wildman–Crippen LogP) is 4.33. The molecule has 0 atom stereocenters. The highest BCUT2D eigenvalue weighted by Crippen LogP contribution is 2.22. The fourth-order valence-corrected chi connectivity index (χ4v) is 2.26. The van der Waals surface area contributed by atoms with Crippen LogP contribution in [0.2, 0.25) is 0 Å². The molecule has 112 valence electrons. The summed E-state index contributed by atoms with van der Waals surface area (Å²) >= 11 is 3.41. The number of benzene rings is 1. The summed E-state index contributed by atoms with van der Waals surface area (Å²) in [6.07, 6.45) is 0.740. The van der Waals surface area contributed by atoms with E-state index in [1.807, 2.05) is 12.1 Å². The molecule has 0 unspecified atom stereocenters. The second-order valence-electron chi connectivity index (χ2n) is 5.96. The number of nitrogens with one attached hydrogen (secondary N) is 1. The fourth-order valence-electron chi connectivity index (χ4n) is 1.87. The van der Waals surface area contributed by atoms with Gasteiger partial charge in [0.25, 0.3) is 0 Å². The Balaban J connectivity index is 2.02. The predicted molar refractivity (Wildman–Crippen MR) is 87.0 cm³/mol. The quantitative estimate of drug-likeness (QED) is 0.833. The lowest BCUT2D eigenvalue weighted by molar-refractivity contribution is 0.544. The summed E-state index contributed by atoms with van der Waals surface area (Å²) in [6.45, 7) is 6.92. The highest BCUT2D eigenvalue weighted by molar-refractivity contribution is 9.10. The SMILES string of the molecule is CC(C)(C)c1nc(Br)cc(NCCc2cccc(F)c2)n1. The Bertz CT molecular complexity index is 623. The van der Waals surface area contributed by atoms with Gasteiger partial charge >= 0.3 is 0 Å². The van der Waals surface area contributed by atoms with E-state index in [4.69, 9.17) is 0 Å². The van der Waals surface area contributed by atoms with Crippen LogP contribution >= 0.6 is 15.9 Å². The van der Waals surface area contributed by atoms with E-state index in [1.54, 1.807) is 12.1 Å². The van der Waals surface area contributed by atoms with Gasteiger partial charge in [-0.2, -0.15) is 0 Å². The highest BCUT2D eigenvalue weighted by Gasteiger charge is 2.18. The van der Waals surface area contributed by atoms with E-state index in [1.165, 1.54) is 6.07 Å². The van der Waals surface area contributed by atoms with Crippen molar-refractivity contribution in [3.05, 3.63) is 52.1 Å².